The average Bonchev–Trinajstić information content (AvgIpc) is 3.12. The Balaban J connectivity index is 1.89. The first-order valence-corrected chi connectivity index (χ1v) is 8.60. The maximum absolute atomic E-state index is 5.35. The van der Waals surface area contributed by atoms with Crippen LogP contribution in [0.5, 0.6) is 5.75 Å². The maximum atomic E-state index is 5.35. The van der Waals surface area contributed by atoms with Gasteiger partial charge in [0.15, 0.2) is 0 Å². The highest BCUT2D eigenvalue weighted by molar-refractivity contribution is 9.11. The summed E-state index contributed by atoms with van der Waals surface area (Å²) in [6, 6.07) is 4.50. The molecule has 0 saturated heterocycles. The van der Waals surface area contributed by atoms with Gasteiger partial charge in [0.1, 0.15) is 5.75 Å². The number of rotatable bonds is 4. The van der Waals surface area contributed by atoms with Crippen LogP contribution in [0, 0.1) is 0 Å². The summed E-state index contributed by atoms with van der Waals surface area (Å²) in [5, 5.41) is 3.40. The molecule has 1 aromatic heterocycles. The van der Waals surface area contributed by atoms with Crippen molar-refractivity contribution in [1.29, 1.82) is 0 Å². The van der Waals surface area contributed by atoms with Crippen LogP contribution >= 0.6 is 31.9 Å². The summed E-state index contributed by atoms with van der Waals surface area (Å²) in [5.74, 6) is 1.67. The molecule has 4 nitrogen and oxygen atoms in total. The zero-order valence-corrected chi connectivity index (χ0v) is 14.9. The van der Waals surface area contributed by atoms with Crippen molar-refractivity contribution in [3.8, 4) is 5.75 Å². The predicted molar refractivity (Wildman–Crippen MR) is 91.4 cm³/mol. The largest absolute Gasteiger partial charge is 0.495 e. The number of halogens is 2. The van der Waals surface area contributed by atoms with Crippen LogP contribution in [0.15, 0.2) is 33.5 Å². The topological polar surface area (TPSA) is 39.1 Å². The van der Waals surface area contributed by atoms with Gasteiger partial charge >= 0.3 is 0 Å². The van der Waals surface area contributed by atoms with Crippen LogP contribution in [-0.2, 0) is 0 Å². The molecule has 6 heteroatoms. The van der Waals surface area contributed by atoms with Crippen molar-refractivity contribution in [2.24, 2.45) is 0 Å². The van der Waals surface area contributed by atoms with Crippen molar-refractivity contribution in [2.75, 3.05) is 12.4 Å². The van der Waals surface area contributed by atoms with Gasteiger partial charge in [-0.3, -0.25) is 0 Å². The fraction of sp³-hybridized carbons (Fsp3) is 0.400. The number of methoxy groups -OCH3 is 1. The lowest BCUT2D eigenvalue weighted by molar-refractivity contribution is 0.412. The van der Waals surface area contributed by atoms with Gasteiger partial charge in [-0.2, -0.15) is 0 Å². The number of anilines is 2. The van der Waals surface area contributed by atoms with Gasteiger partial charge in [0.25, 0.3) is 0 Å². The van der Waals surface area contributed by atoms with E-state index in [-0.39, 0.29) is 0 Å². The van der Waals surface area contributed by atoms with Gasteiger partial charge < -0.3 is 14.6 Å². The van der Waals surface area contributed by atoms with Crippen LogP contribution in [0.3, 0.4) is 0 Å². The Morgan fingerprint density at radius 2 is 2.00 bits per heavy atom. The van der Waals surface area contributed by atoms with Crippen molar-refractivity contribution in [2.45, 2.75) is 31.7 Å². The lowest BCUT2D eigenvalue weighted by Crippen LogP contribution is -2.08. The number of nitrogens with zero attached hydrogens (tertiary/aromatic N) is 2. The second-order valence-electron chi connectivity index (χ2n) is 5.19. The van der Waals surface area contributed by atoms with E-state index in [0.717, 1.165) is 26.3 Å². The maximum Gasteiger partial charge on any atom is 0.207 e. The Kier molecular flexibility index (Phi) is 4.54. The standard InChI is InChI=1S/C15H17Br2N3O/c1-21-14-9-13(11(16)8-12(14)17)19-15-18-6-7-20(15)10-4-2-3-5-10/h6-10H,2-5H2,1H3,(H,18,19). The zero-order chi connectivity index (χ0) is 14.8. The highest BCUT2D eigenvalue weighted by Gasteiger charge is 2.19. The van der Waals surface area contributed by atoms with Crippen LogP contribution in [0.2, 0.25) is 0 Å². The molecule has 0 spiro atoms. The first-order chi connectivity index (χ1) is 10.2. The Morgan fingerprint density at radius 1 is 1.24 bits per heavy atom. The molecule has 1 saturated carbocycles. The second-order valence-corrected chi connectivity index (χ2v) is 6.90. The molecule has 0 bridgehead atoms. The SMILES string of the molecule is COc1cc(Nc2nccn2C2CCCC2)c(Br)cc1Br. The number of hydrogen-bond acceptors (Lipinski definition) is 3. The Bertz CT molecular complexity index is 636. The van der Waals surface area contributed by atoms with Gasteiger partial charge in [0.2, 0.25) is 5.95 Å². The third-order valence-electron chi connectivity index (χ3n) is 3.87. The summed E-state index contributed by atoms with van der Waals surface area (Å²) in [5.41, 5.74) is 0.945. The first-order valence-electron chi connectivity index (χ1n) is 7.02. The average molecular weight is 415 g/mol. The third kappa shape index (κ3) is 3.11. The third-order valence-corrected chi connectivity index (χ3v) is 5.15. The molecule has 112 valence electrons. The summed E-state index contributed by atoms with van der Waals surface area (Å²) in [6.45, 7) is 0. The molecule has 2 aromatic rings. The van der Waals surface area contributed by atoms with Gasteiger partial charge in [0, 0.05) is 29.0 Å². The number of ether oxygens (including phenoxy) is 1. The van der Waals surface area contributed by atoms with Crippen molar-refractivity contribution >= 4 is 43.5 Å². The minimum Gasteiger partial charge on any atom is -0.495 e. The molecule has 0 atom stereocenters. The Morgan fingerprint density at radius 3 is 2.71 bits per heavy atom. The summed E-state index contributed by atoms with van der Waals surface area (Å²) < 4.78 is 9.49. The van der Waals surface area contributed by atoms with Crippen LogP contribution in [0.25, 0.3) is 0 Å². The molecule has 0 radical (unpaired) electrons. The number of aromatic nitrogens is 2. The van der Waals surface area contributed by atoms with Crippen LogP contribution in [-0.4, -0.2) is 16.7 Å². The van der Waals surface area contributed by atoms with Crippen molar-refractivity contribution < 1.29 is 4.74 Å². The van der Waals surface area contributed by atoms with E-state index in [0.29, 0.717) is 6.04 Å². The molecule has 0 amide bonds. The predicted octanol–water partition coefficient (Wildman–Crippen LogP) is 5.28. The zero-order valence-electron chi connectivity index (χ0n) is 11.8. The molecule has 1 fully saturated rings. The van der Waals surface area contributed by atoms with E-state index in [1.807, 2.05) is 18.3 Å². The molecular formula is C15H17Br2N3O. The Labute approximate surface area is 141 Å². The number of benzene rings is 1. The fourth-order valence-corrected chi connectivity index (χ4v) is 4.04. The summed E-state index contributed by atoms with van der Waals surface area (Å²) in [4.78, 5) is 4.45. The van der Waals surface area contributed by atoms with E-state index in [4.69, 9.17) is 4.74 Å². The van der Waals surface area contributed by atoms with E-state index in [9.17, 15) is 0 Å². The summed E-state index contributed by atoms with van der Waals surface area (Å²) in [7, 11) is 1.66. The lowest BCUT2D eigenvalue weighted by atomic mass is 10.2. The first kappa shape index (κ1) is 14.9. The molecule has 1 N–H and O–H groups in total. The molecule has 0 unspecified atom stereocenters. The fourth-order valence-electron chi connectivity index (χ4n) is 2.79. The molecule has 1 heterocycles. The molecule has 0 aliphatic heterocycles. The highest BCUT2D eigenvalue weighted by atomic mass is 79.9. The van der Waals surface area contributed by atoms with Gasteiger partial charge in [-0.15, -0.1) is 0 Å². The van der Waals surface area contributed by atoms with E-state index < -0.39 is 0 Å². The van der Waals surface area contributed by atoms with E-state index in [1.54, 1.807) is 7.11 Å². The quantitative estimate of drug-likeness (QED) is 0.739. The lowest BCUT2D eigenvalue weighted by Gasteiger charge is -2.17. The minimum atomic E-state index is 0.561. The normalized spacial score (nSPS) is 15.4. The van der Waals surface area contributed by atoms with Gasteiger partial charge in [-0.05, 0) is 50.8 Å². The highest BCUT2D eigenvalue weighted by Crippen LogP contribution is 2.37. The smallest absolute Gasteiger partial charge is 0.207 e. The van der Waals surface area contributed by atoms with Gasteiger partial charge in [0.05, 0.1) is 17.3 Å². The molecule has 1 aliphatic carbocycles. The number of hydrogen-bond donors (Lipinski definition) is 1. The van der Waals surface area contributed by atoms with E-state index >= 15 is 0 Å². The molecule has 1 aliphatic rings. The van der Waals surface area contributed by atoms with Crippen molar-refractivity contribution in [3.05, 3.63) is 33.5 Å². The molecule has 3 rings (SSSR count). The Hall–Kier alpha value is -1.01. The number of imidazole rings is 1. The molecule has 1 aromatic carbocycles. The molecular weight excluding hydrogens is 398 g/mol. The van der Waals surface area contributed by atoms with Gasteiger partial charge in [-0.25, -0.2) is 4.98 Å². The van der Waals surface area contributed by atoms with Crippen molar-refractivity contribution in [1.82, 2.24) is 9.55 Å². The van der Waals surface area contributed by atoms with Gasteiger partial charge in [-0.1, -0.05) is 12.8 Å². The summed E-state index contributed by atoms with van der Waals surface area (Å²) >= 11 is 7.06. The van der Waals surface area contributed by atoms with E-state index in [2.05, 4.69) is 52.9 Å². The monoisotopic (exact) mass is 413 g/mol. The number of nitrogens with one attached hydrogen (secondary N) is 1. The van der Waals surface area contributed by atoms with Crippen LogP contribution in [0.1, 0.15) is 31.7 Å². The van der Waals surface area contributed by atoms with Crippen LogP contribution < -0.4 is 10.1 Å². The molecule has 21 heavy (non-hydrogen) atoms. The summed E-state index contributed by atoms with van der Waals surface area (Å²) in [6.07, 6.45) is 8.98. The van der Waals surface area contributed by atoms with Crippen LogP contribution in [0.4, 0.5) is 11.6 Å². The minimum absolute atomic E-state index is 0.561. The van der Waals surface area contributed by atoms with E-state index in [1.165, 1.54) is 25.7 Å². The van der Waals surface area contributed by atoms with Crippen molar-refractivity contribution in [3.63, 3.8) is 0 Å². The second kappa shape index (κ2) is 6.40.